The van der Waals surface area contributed by atoms with Crippen LogP contribution in [0.2, 0.25) is 0 Å². The number of hydrogen-bond donors (Lipinski definition) is 1. The molecule has 0 saturated carbocycles. The van der Waals surface area contributed by atoms with Gasteiger partial charge in [0, 0.05) is 34.8 Å². The van der Waals surface area contributed by atoms with Gasteiger partial charge in [-0.1, -0.05) is 25.1 Å². The monoisotopic (exact) mass is 459 g/mol. The number of aromatic nitrogens is 3. The van der Waals surface area contributed by atoms with E-state index in [4.69, 9.17) is 12.2 Å². The zero-order chi connectivity index (χ0) is 22.2. The summed E-state index contributed by atoms with van der Waals surface area (Å²) < 4.78 is 2.23. The normalized spacial score (nSPS) is 18.2. The number of thiocarbonyl (C=S) groups is 1. The topological polar surface area (TPSA) is 46.0 Å². The van der Waals surface area contributed by atoms with E-state index in [-0.39, 0.29) is 12.1 Å². The first-order valence-corrected chi connectivity index (χ1v) is 12.1. The molecule has 1 aromatic carbocycles. The number of nitrogens with zero attached hydrogens (tertiary/aromatic N) is 4. The molecule has 32 heavy (non-hydrogen) atoms. The van der Waals surface area contributed by atoms with Gasteiger partial charge in [0.15, 0.2) is 10.2 Å². The molecule has 5 nitrogen and oxygen atoms in total. The average molecular weight is 460 g/mol. The Morgan fingerprint density at radius 2 is 1.88 bits per heavy atom. The molecule has 3 aromatic heterocycles. The van der Waals surface area contributed by atoms with E-state index in [0.717, 1.165) is 28.6 Å². The van der Waals surface area contributed by atoms with Gasteiger partial charge in [-0.3, -0.25) is 9.55 Å². The standard InChI is InChI=1S/C25H25N5S2/c1-4-18-8-10-19(11-9-18)30-23(22(28-24(30)31)21-7-5-6-12-26-21)20-15-16(2)29(17(20)3)25-27-13-14-32-25/h5-15,22-23H,4H2,1-3H3,(H,28,31)/t22-,23-/m0/s1. The van der Waals surface area contributed by atoms with Crippen molar-refractivity contribution in [2.24, 2.45) is 0 Å². The van der Waals surface area contributed by atoms with Crippen LogP contribution in [0.1, 0.15) is 47.2 Å². The quantitative estimate of drug-likeness (QED) is 0.389. The van der Waals surface area contributed by atoms with Crippen molar-refractivity contribution in [2.45, 2.75) is 39.3 Å². The Kier molecular flexibility index (Phi) is 5.53. The SMILES string of the molecule is CCc1ccc(N2C(=S)N[C@@H](c3ccccn3)[C@@H]2c2cc(C)n(-c3nccs3)c2C)cc1. The summed E-state index contributed by atoms with van der Waals surface area (Å²) in [7, 11) is 0. The molecule has 4 heterocycles. The maximum absolute atomic E-state index is 5.87. The van der Waals surface area contributed by atoms with Gasteiger partial charge < -0.3 is 10.2 Å². The molecule has 7 heteroatoms. The highest BCUT2D eigenvalue weighted by molar-refractivity contribution is 7.80. The maximum atomic E-state index is 5.87. The summed E-state index contributed by atoms with van der Waals surface area (Å²) in [6.07, 6.45) is 4.70. The lowest BCUT2D eigenvalue weighted by atomic mass is 9.96. The van der Waals surface area contributed by atoms with Crippen molar-refractivity contribution < 1.29 is 0 Å². The second kappa shape index (κ2) is 8.48. The molecule has 4 aromatic rings. The van der Waals surface area contributed by atoms with Crippen LogP contribution in [0.25, 0.3) is 5.13 Å². The molecule has 0 spiro atoms. The second-order valence-electron chi connectivity index (χ2n) is 7.99. The number of pyridine rings is 1. The van der Waals surface area contributed by atoms with Crippen molar-refractivity contribution in [3.05, 3.63) is 94.5 Å². The summed E-state index contributed by atoms with van der Waals surface area (Å²) in [6, 6.07) is 16.9. The highest BCUT2D eigenvalue weighted by atomic mass is 32.1. The number of anilines is 1. The molecule has 0 unspecified atom stereocenters. The Balaban J connectivity index is 1.66. The van der Waals surface area contributed by atoms with Crippen molar-refractivity contribution in [1.29, 1.82) is 0 Å². The Labute approximate surface area is 197 Å². The number of hydrogen-bond acceptors (Lipinski definition) is 4. The first-order valence-electron chi connectivity index (χ1n) is 10.8. The summed E-state index contributed by atoms with van der Waals surface area (Å²) in [6.45, 7) is 6.47. The van der Waals surface area contributed by atoms with Crippen LogP contribution >= 0.6 is 23.6 Å². The van der Waals surface area contributed by atoms with Crippen molar-refractivity contribution in [1.82, 2.24) is 19.9 Å². The van der Waals surface area contributed by atoms with Crippen molar-refractivity contribution in [3.8, 4) is 5.13 Å². The Bertz CT molecular complexity index is 1230. The van der Waals surface area contributed by atoms with E-state index in [9.17, 15) is 0 Å². The molecular weight excluding hydrogens is 434 g/mol. The maximum Gasteiger partial charge on any atom is 0.193 e. The average Bonchev–Trinajstić information content (AvgIpc) is 3.52. The summed E-state index contributed by atoms with van der Waals surface area (Å²) >= 11 is 7.51. The highest BCUT2D eigenvalue weighted by Crippen LogP contribution is 2.43. The number of nitrogens with one attached hydrogen (secondary N) is 1. The van der Waals surface area contributed by atoms with Crippen LogP contribution in [0.4, 0.5) is 5.69 Å². The van der Waals surface area contributed by atoms with Crippen LogP contribution in [-0.4, -0.2) is 19.6 Å². The van der Waals surface area contributed by atoms with Gasteiger partial charge in [0.2, 0.25) is 0 Å². The first kappa shape index (κ1) is 20.8. The fraction of sp³-hybridized carbons (Fsp3) is 0.240. The lowest BCUT2D eigenvalue weighted by Crippen LogP contribution is -2.29. The number of rotatable bonds is 5. The largest absolute Gasteiger partial charge is 0.351 e. The molecule has 5 rings (SSSR count). The van der Waals surface area contributed by atoms with Crippen LogP contribution in [0.3, 0.4) is 0 Å². The fourth-order valence-corrected chi connectivity index (χ4v) is 5.65. The molecule has 0 radical (unpaired) electrons. The molecule has 1 saturated heterocycles. The third-order valence-corrected chi connectivity index (χ3v) is 7.19. The van der Waals surface area contributed by atoms with Crippen molar-refractivity contribution in [3.63, 3.8) is 0 Å². The zero-order valence-corrected chi connectivity index (χ0v) is 20.0. The summed E-state index contributed by atoms with van der Waals surface area (Å²) in [5.41, 5.74) is 6.93. The molecule has 0 bridgehead atoms. The van der Waals surface area contributed by atoms with Gasteiger partial charge in [-0.25, -0.2) is 4.98 Å². The summed E-state index contributed by atoms with van der Waals surface area (Å²) in [5, 5.41) is 7.27. The predicted octanol–water partition coefficient (Wildman–Crippen LogP) is 5.69. The van der Waals surface area contributed by atoms with Gasteiger partial charge in [-0.2, -0.15) is 0 Å². The highest BCUT2D eigenvalue weighted by Gasteiger charge is 2.42. The third-order valence-electron chi connectivity index (χ3n) is 6.12. The van der Waals surface area contributed by atoms with E-state index in [1.807, 2.05) is 29.9 Å². The third kappa shape index (κ3) is 3.51. The Morgan fingerprint density at radius 1 is 1.06 bits per heavy atom. The van der Waals surface area contributed by atoms with Gasteiger partial charge in [-0.15, -0.1) is 11.3 Å². The zero-order valence-electron chi connectivity index (χ0n) is 18.3. The minimum Gasteiger partial charge on any atom is -0.351 e. The smallest absolute Gasteiger partial charge is 0.193 e. The molecule has 1 aliphatic heterocycles. The van der Waals surface area contributed by atoms with Crippen LogP contribution in [0.15, 0.2) is 66.3 Å². The fourth-order valence-electron chi connectivity index (χ4n) is 4.55. The summed E-state index contributed by atoms with van der Waals surface area (Å²) in [4.78, 5) is 11.5. The molecule has 1 N–H and O–H groups in total. The lowest BCUT2D eigenvalue weighted by Gasteiger charge is -2.28. The lowest BCUT2D eigenvalue weighted by molar-refractivity contribution is 0.565. The minimum absolute atomic E-state index is 0.0233. The van der Waals surface area contributed by atoms with Crippen LogP contribution < -0.4 is 10.2 Å². The first-order chi connectivity index (χ1) is 15.6. The van der Waals surface area contributed by atoms with Gasteiger partial charge >= 0.3 is 0 Å². The number of aryl methyl sites for hydroxylation is 2. The van der Waals surface area contributed by atoms with E-state index >= 15 is 0 Å². The predicted molar refractivity (Wildman–Crippen MR) is 135 cm³/mol. The molecule has 1 aliphatic rings. The molecule has 1 fully saturated rings. The van der Waals surface area contributed by atoms with E-state index in [1.165, 1.54) is 16.8 Å². The number of thiazole rings is 1. The molecule has 162 valence electrons. The van der Waals surface area contributed by atoms with E-state index in [0.29, 0.717) is 5.11 Å². The van der Waals surface area contributed by atoms with Gasteiger partial charge in [-0.05, 0) is 73.9 Å². The van der Waals surface area contributed by atoms with Crippen molar-refractivity contribution in [2.75, 3.05) is 4.90 Å². The Morgan fingerprint density at radius 3 is 2.53 bits per heavy atom. The van der Waals surface area contributed by atoms with E-state index < -0.39 is 0 Å². The minimum atomic E-state index is -0.0557. The summed E-state index contributed by atoms with van der Waals surface area (Å²) in [5.74, 6) is 0. The molecular formula is C25H25N5S2. The van der Waals surface area contributed by atoms with Crippen LogP contribution in [-0.2, 0) is 6.42 Å². The molecule has 2 atom stereocenters. The van der Waals surface area contributed by atoms with Gasteiger partial charge in [0.25, 0.3) is 0 Å². The van der Waals surface area contributed by atoms with Crippen LogP contribution in [0, 0.1) is 13.8 Å². The van der Waals surface area contributed by atoms with Crippen molar-refractivity contribution >= 4 is 34.4 Å². The van der Waals surface area contributed by atoms with Gasteiger partial charge in [0.05, 0.1) is 17.8 Å². The Hall–Kier alpha value is -3.03. The number of benzene rings is 1. The molecule has 0 aliphatic carbocycles. The second-order valence-corrected chi connectivity index (χ2v) is 9.25. The van der Waals surface area contributed by atoms with Gasteiger partial charge in [0.1, 0.15) is 0 Å². The van der Waals surface area contributed by atoms with E-state index in [2.05, 4.69) is 81.9 Å². The molecule has 0 amide bonds. The van der Waals surface area contributed by atoms with E-state index in [1.54, 1.807) is 11.3 Å². The van der Waals surface area contributed by atoms with Crippen LogP contribution in [0.5, 0.6) is 0 Å².